The molecule has 5 aromatic carbocycles. The maximum absolute atomic E-state index is 13.6. The summed E-state index contributed by atoms with van der Waals surface area (Å²) in [5.74, 6) is 0.524. The van der Waals surface area contributed by atoms with Crippen molar-refractivity contribution < 1.29 is 18.7 Å². The Balaban J connectivity index is 1.12. The average molecular weight is 590 g/mol. The second-order valence-corrected chi connectivity index (χ2v) is 10.4. The van der Waals surface area contributed by atoms with E-state index in [9.17, 15) is 14.0 Å². The summed E-state index contributed by atoms with van der Waals surface area (Å²) in [6.45, 7) is 0.291. The molecule has 0 aliphatic carbocycles. The zero-order chi connectivity index (χ0) is 29.8. The van der Waals surface area contributed by atoms with Gasteiger partial charge in [-0.2, -0.15) is 5.10 Å². The van der Waals surface area contributed by atoms with Crippen LogP contribution in [-0.4, -0.2) is 29.1 Å². The number of anilines is 1. The Hall–Kier alpha value is -5.27. The fourth-order valence-corrected chi connectivity index (χ4v) is 4.95. The van der Waals surface area contributed by atoms with Crippen LogP contribution in [0.2, 0.25) is 5.02 Å². The van der Waals surface area contributed by atoms with Gasteiger partial charge in [-0.05, 0) is 83.9 Å². The molecule has 1 unspecified atom stereocenters. The molecule has 0 radical (unpaired) electrons. The van der Waals surface area contributed by atoms with Crippen LogP contribution >= 0.6 is 11.6 Å². The number of ketones is 1. The number of carbonyl (C=O) groups is 2. The van der Waals surface area contributed by atoms with Crippen molar-refractivity contribution >= 4 is 34.8 Å². The molecule has 1 heterocycles. The molecule has 1 aliphatic heterocycles. The molecule has 0 bridgehead atoms. The molecule has 6 rings (SSSR count). The number of hydrogen-bond donors (Lipinski definition) is 1. The maximum atomic E-state index is 13.6. The molecule has 0 saturated carbocycles. The van der Waals surface area contributed by atoms with Gasteiger partial charge in [0.25, 0.3) is 0 Å². The molecule has 8 heteroatoms. The second kappa shape index (κ2) is 12.3. The van der Waals surface area contributed by atoms with Gasteiger partial charge in [0.05, 0.1) is 12.3 Å². The third-order valence-corrected chi connectivity index (χ3v) is 7.31. The van der Waals surface area contributed by atoms with Gasteiger partial charge >= 0.3 is 6.03 Å². The van der Waals surface area contributed by atoms with Gasteiger partial charge in [0, 0.05) is 27.8 Å². The molecule has 6 nitrogen and oxygen atoms in total. The number of rotatable bonds is 7. The normalized spacial score (nSPS) is 14.2. The van der Waals surface area contributed by atoms with Gasteiger partial charge in [0.1, 0.15) is 17.3 Å². The summed E-state index contributed by atoms with van der Waals surface area (Å²) in [6.07, 6.45) is 0. The zero-order valence-electron chi connectivity index (χ0n) is 22.8. The van der Waals surface area contributed by atoms with E-state index in [0.717, 1.165) is 11.1 Å². The predicted octanol–water partition coefficient (Wildman–Crippen LogP) is 8.54. The van der Waals surface area contributed by atoms with E-state index in [-0.39, 0.29) is 17.5 Å². The number of nitrogens with zero attached hydrogens (tertiary/aromatic N) is 2. The summed E-state index contributed by atoms with van der Waals surface area (Å²) in [5, 5.41) is 9.48. The van der Waals surface area contributed by atoms with Crippen LogP contribution in [-0.2, 0) is 0 Å². The van der Waals surface area contributed by atoms with Crippen molar-refractivity contribution in [2.75, 3.05) is 11.9 Å². The van der Waals surface area contributed by atoms with Crippen molar-refractivity contribution in [1.29, 1.82) is 0 Å². The van der Waals surface area contributed by atoms with Crippen LogP contribution in [0, 0.1) is 5.82 Å². The number of urea groups is 1. The largest absolute Gasteiger partial charge is 0.457 e. The van der Waals surface area contributed by atoms with E-state index in [1.54, 1.807) is 84.9 Å². The lowest BCUT2D eigenvalue weighted by atomic mass is 9.90. The minimum Gasteiger partial charge on any atom is -0.457 e. The Kier molecular flexibility index (Phi) is 7.98. The lowest BCUT2D eigenvalue weighted by molar-refractivity contribution is 0.103. The van der Waals surface area contributed by atoms with Crippen LogP contribution in [0.15, 0.2) is 132 Å². The number of benzene rings is 5. The highest BCUT2D eigenvalue weighted by Gasteiger charge is 2.32. The van der Waals surface area contributed by atoms with Gasteiger partial charge in [-0.3, -0.25) is 4.79 Å². The Morgan fingerprint density at radius 2 is 1.37 bits per heavy atom. The number of halogens is 2. The van der Waals surface area contributed by atoms with Crippen LogP contribution in [0.4, 0.5) is 14.9 Å². The van der Waals surface area contributed by atoms with Gasteiger partial charge in [0.2, 0.25) is 0 Å². The van der Waals surface area contributed by atoms with Gasteiger partial charge in [0.15, 0.2) is 5.78 Å². The Bertz CT molecular complexity index is 1770. The number of carbonyl (C=O) groups excluding carboxylic acids is 2. The van der Waals surface area contributed by atoms with Crippen molar-refractivity contribution in [2.45, 2.75) is 5.92 Å². The lowest BCUT2D eigenvalue weighted by Crippen LogP contribution is -2.30. The van der Waals surface area contributed by atoms with E-state index in [1.807, 2.05) is 30.3 Å². The van der Waals surface area contributed by atoms with E-state index in [2.05, 4.69) is 10.4 Å². The molecule has 5 aromatic rings. The van der Waals surface area contributed by atoms with Crippen LogP contribution in [0.5, 0.6) is 11.5 Å². The van der Waals surface area contributed by atoms with Crippen molar-refractivity contribution in [3.05, 3.63) is 160 Å². The van der Waals surface area contributed by atoms with Crippen LogP contribution < -0.4 is 10.1 Å². The standard InChI is InChI=1S/C35H25ClFN3O3/c36-27-12-6-24(7-13-27)33-32(23-8-14-28(37)15-9-23)22-40(39-33)35(42)38-29-16-20-31(21-17-29)43-30-18-10-26(11-19-30)34(41)25-4-2-1-3-5-25/h1-21,32H,22H2,(H,38,42). The SMILES string of the molecule is O=C(c1ccccc1)c1ccc(Oc2ccc(NC(=O)N3CC(c4ccc(F)cc4)C(c4ccc(Cl)cc4)=N3)cc2)cc1. The van der Waals surface area contributed by atoms with E-state index in [4.69, 9.17) is 16.3 Å². The van der Waals surface area contributed by atoms with Crippen LogP contribution in [0.25, 0.3) is 0 Å². The summed E-state index contributed by atoms with van der Waals surface area (Å²) < 4.78 is 19.5. The fraction of sp³-hybridized carbons (Fsp3) is 0.0571. The van der Waals surface area contributed by atoms with Gasteiger partial charge in [-0.1, -0.05) is 66.2 Å². The molecule has 43 heavy (non-hydrogen) atoms. The minimum absolute atomic E-state index is 0.0566. The third kappa shape index (κ3) is 6.47. The van der Waals surface area contributed by atoms with Gasteiger partial charge in [-0.25, -0.2) is 14.2 Å². The number of amides is 2. The fourth-order valence-electron chi connectivity index (χ4n) is 4.83. The molecule has 1 atom stereocenters. The highest BCUT2D eigenvalue weighted by molar-refractivity contribution is 6.30. The average Bonchev–Trinajstić information content (AvgIpc) is 3.49. The molecule has 212 valence electrons. The van der Waals surface area contributed by atoms with Crippen molar-refractivity contribution in [1.82, 2.24) is 5.01 Å². The topological polar surface area (TPSA) is 71.0 Å². The van der Waals surface area contributed by atoms with E-state index >= 15 is 0 Å². The Labute approximate surface area is 253 Å². The molecule has 1 N–H and O–H groups in total. The van der Waals surface area contributed by atoms with Gasteiger partial charge < -0.3 is 10.1 Å². The first-order valence-electron chi connectivity index (χ1n) is 13.6. The number of hydrogen-bond acceptors (Lipinski definition) is 4. The smallest absolute Gasteiger partial charge is 0.342 e. The molecule has 0 spiro atoms. The first-order valence-corrected chi connectivity index (χ1v) is 14.0. The first-order chi connectivity index (χ1) is 20.9. The molecular weight excluding hydrogens is 565 g/mol. The highest BCUT2D eigenvalue weighted by Crippen LogP contribution is 2.30. The van der Waals surface area contributed by atoms with Crippen molar-refractivity contribution in [2.24, 2.45) is 5.10 Å². The van der Waals surface area contributed by atoms with Crippen LogP contribution in [0.3, 0.4) is 0 Å². The lowest BCUT2D eigenvalue weighted by Gasteiger charge is -2.16. The predicted molar refractivity (Wildman–Crippen MR) is 166 cm³/mol. The number of ether oxygens (including phenoxy) is 1. The van der Waals surface area contributed by atoms with E-state index in [1.165, 1.54) is 17.1 Å². The van der Waals surface area contributed by atoms with E-state index in [0.29, 0.717) is 45.6 Å². The highest BCUT2D eigenvalue weighted by atomic mass is 35.5. The molecule has 0 fully saturated rings. The maximum Gasteiger partial charge on any atom is 0.342 e. The summed E-state index contributed by atoms with van der Waals surface area (Å²) in [5.41, 5.74) is 4.13. The summed E-state index contributed by atoms with van der Waals surface area (Å²) in [4.78, 5) is 25.8. The zero-order valence-corrected chi connectivity index (χ0v) is 23.5. The molecule has 2 amide bonds. The quantitative estimate of drug-likeness (QED) is 0.193. The number of hydrazone groups is 1. The molecular formula is C35H25ClFN3O3. The molecule has 0 saturated heterocycles. The summed E-state index contributed by atoms with van der Waals surface area (Å²) >= 11 is 6.08. The Morgan fingerprint density at radius 3 is 2.02 bits per heavy atom. The summed E-state index contributed by atoms with van der Waals surface area (Å²) in [6, 6.07) is 36.1. The van der Waals surface area contributed by atoms with E-state index < -0.39 is 6.03 Å². The van der Waals surface area contributed by atoms with Crippen LogP contribution in [0.1, 0.15) is 33.0 Å². The Morgan fingerprint density at radius 1 is 0.767 bits per heavy atom. The van der Waals surface area contributed by atoms with Crippen molar-refractivity contribution in [3.8, 4) is 11.5 Å². The first kappa shape index (κ1) is 27.9. The third-order valence-electron chi connectivity index (χ3n) is 7.05. The van der Waals surface area contributed by atoms with Gasteiger partial charge in [-0.15, -0.1) is 0 Å². The second-order valence-electron chi connectivity index (χ2n) is 9.95. The monoisotopic (exact) mass is 589 g/mol. The minimum atomic E-state index is -0.400. The summed E-state index contributed by atoms with van der Waals surface area (Å²) in [7, 11) is 0. The molecule has 1 aliphatic rings. The number of nitrogens with one attached hydrogen (secondary N) is 1. The molecule has 0 aromatic heterocycles. The van der Waals surface area contributed by atoms with Crippen molar-refractivity contribution in [3.63, 3.8) is 0 Å².